The van der Waals surface area contributed by atoms with Crippen molar-refractivity contribution in [2.75, 3.05) is 26.2 Å². The third-order valence-electron chi connectivity index (χ3n) is 5.46. The van der Waals surface area contributed by atoms with Crippen LogP contribution in [0.25, 0.3) is 0 Å². The van der Waals surface area contributed by atoms with Crippen molar-refractivity contribution in [1.29, 1.82) is 0 Å². The Kier molecular flexibility index (Phi) is 6.90. The highest BCUT2D eigenvalue weighted by Gasteiger charge is 2.36. The summed E-state index contributed by atoms with van der Waals surface area (Å²) in [5.74, 6) is 0.744. The van der Waals surface area contributed by atoms with Crippen LogP contribution in [0.15, 0.2) is 46.5 Å². The van der Waals surface area contributed by atoms with E-state index < -0.39 is 10.0 Å². The third kappa shape index (κ3) is 4.71. The van der Waals surface area contributed by atoms with Gasteiger partial charge >= 0.3 is 0 Å². The number of nitroso groups, excluding NO2 is 1. The third-order valence-corrected chi connectivity index (χ3v) is 7.50. The minimum atomic E-state index is -3.89. The summed E-state index contributed by atoms with van der Waals surface area (Å²) in [5, 5.41) is 2.93. The summed E-state index contributed by atoms with van der Waals surface area (Å²) in [6.07, 6.45) is 0.778. The Labute approximate surface area is 178 Å². The summed E-state index contributed by atoms with van der Waals surface area (Å²) in [4.78, 5) is 13.3. The summed E-state index contributed by atoms with van der Waals surface area (Å²) in [7, 11) is -3.89. The molecule has 1 unspecified atom stereocenters. The maximum Gasteiger partial charge on any atom is 0.247 e. The van der Waals surface area contributed by atoms with Gasteiger partial charge in [0.25, 0.3) is 0 Å². The Morgan fingerprint density at radius 2 is 1.83 bits per heavy atom. The Morgan fingerprint density at radius 3 is 2.40 bits per heavy atom. The number of nitrogens with zero attached hydrogens (tertiary/aromatic N) is 3. The second-order valence-corrected chi connectivity index (χ2v) is 9.55. The molecule has 2 aromatic rings. The number of likely N-dealkylation sites (N-methyl/N-ethyl adjacent to an activating group) is 2. The molecule has 0 aromatic heterocycles. The van der Waals surface area contributed by atoms with Crippen molar-refractivity contribution in [2.45, 2.75) is 45.1 Å². The van der Waals surface area contributed by atoms with Gasteiger partial charge in [0.15, 0.2) is 0 Å². The van der Waals surface area contributed by atoms with Gasteiger partial charge in [-0.15, -0.1) is 4.91 Å². The topological polar surface area (TPSA) is 79.3 Å². The van der Waals surface area contributed by atoms with Gasteiger partial charge in [0.05, 0.1) is 0 Å². The lowest BCUT2D eigenvalue weighted by atomic mass is 10.1. The number of likely N-dealkylation sites (tertiary alicyclic amines) is 1. The van der Waals surface area contributed by atoms with Gasteiger partial charge in [0.2, 0.25) is 10.0 Å². The zero-order valence-corrected chi connectivity index (χ0v) is 18.8. The smallest absolute Gasteiger partial charge is 0.247 e. The number of ether oxygens (including phenoxy) is 1. The van der Waals surface area contributed by atoms with Crippen molar-refractivity contribution >= 4 is 15.7 Å². The number of rotatable bonds is 8. The minimum Gasteiger partial charge on any atom is -0.456 e. The lowest BCUT2D eigenvalue weighted by Gasteiger charge is -2.28. The molecule has 7 nitrogen and oxygen atoms in total. The number of aryl methyl sites for hydroxylation is 2. The molecule has 0 radical (unpaired) electrons. The van der Waals surface area contributed by atoms with Crippen LogP contribution in [0.3, 0.4) is 0 Å². The van der Waals surface area contributed by atoms with E-state index in [0.717, 1.165) is 30.6 Å². The average molecular weight is 432 g/mol. The van der Waals surface area contributed by atoms with Crippen LogP contribution < -0.4 is 4.74 Å². The Morgan fingerprint density at radius 1 is 1.13 bits per heavy atom. The van der Waals surface area contributed by atoms with Crippen LogP contribution in [-0.2, 0) is 10.0 Å². The average Bonchev–Trinajstić information content (AvgIpc) is 3.16. The quantitative estimate of drug-likeness (QED) is 0.571. The van der Waals surface area contributed by atoms with Gasteiger partial charge in [-0.2, -0.15) is 4.31 Å². The second kappa shape index (κ2) is 9.24. The van der Waals surface area contributed by atoms with E-state index >= 15 is 0 Å². The van der Waals surface area contributed by atoms with Crippen molar-refractivity contribution in [1.82, 2.24) is 9.21 Å². The fourth-order valence-corrected chi connectivity index (χ4v) is 5.83. The molecule has 1 aliphatic heterocycles. The molecule has 1 atom stereocenters. The van der Waals surface area contributed by atoms with Gasteiger partial charge in [-0.1, -0.05) is 19.9 Å². The van der Waals surface area contributed by atoms with Gasteiger partial charge in [0, 0.05) is 19.1 Å². The van der Waals surface area contributed by atoms with E-state index in [4.69, 9.17) is 4.74 Å². The van der Waals surface area contributed by atoms with Crippen LogP contribution in [0, 0.1) is 18.8 Å². The molecule has 0 aliphatic carbocycles. The summed E-state index contributed by atoms with van der Waals surface area (Å²) in [6.45, 7) is 10.6. The molecule has 0 amide bonds. The zero-order valence-electron chi connectivity index (χ0n) is 18.0. The van der Waals surface area contributed by atoms with E-state index in [9.17, 15) is 13.3 Å². The van der Waals surface area contributed by atoms with Crippen molar-refractivity contribution in [3.8, 4) is 11.5 Å². The first-order chi connectivity index (χ1) is 14.3. The van der Waals surface area contributed by atoms with E-state index in [1.807, 2.05) is 39.0 Å². The lowest BCUT2D eigenvalue weighted by Crippen LogP contribution is -2.41. The molecule has 0 saturated carbocycles. The largest absolute Gasteiger partial charge is 0.456 e. The van der Waals surface area contributed by atoms with Crippen LogP contribution in [0.2, 0.25) is 0 Å². The molecular formula is C22H29N3O4S. The maximum atomic E-state index is 13.6. The molecule has 0 N–H and O–H groups in total. The van der Waals surface area contributed by atoms with E-state index in [0.29, 0.717) is 18.8 Å². The highest BCUT2D eigenvalue weighted by molar-refractivity contribution is 7.89. The molecule has 0 bridgehead atoms. The first kappa shape index (κ1) is 22.4. The van der Waals surface area contributed by atoms with Gasteiger partial charge in [-0.05, 0) is 80.0 Å². The van der Waals surface area contributed by atoms with Gasteiger partial charge < -0.3 is 9.64 Å². The summed E-state index contributed by atoms with van der Waals surface area (Å²) in [6, 6.07) is 9.88. The predicted molar refractivity (Wildman–Crippen MR) is 118 cm³/mol. The highest BCUT2D eigenvalue weighted by Crippen LogP contribution is 2.36. The molecule has 2 aromatic carbocycles. The van der Waals surface area contributed by atoms with Gasteiger partial charge in [-0.25, -0.2) is 8.42 Å². The van der Waals surface area contributed by atoms with E-state index in [1.54, 1.807) is 0 Å². The number of hydrogen-bond donors (Lipinski definition) is 0. The van der Waals surface area contributed by atoms with Gasteiger partial charge in [-0.3, -0.25) is 0 Å². The molecule has 1 saturated heterocycles. The first-order valence-corrected chi connectivity index (χ1v) is 11.7. The molecule has 8 heteroatoms. The minimum absolute atomic E-state index is 0.0319. The standard InChI is InChI=1S/C22H29N3O4S/c1-5-24-10-9-19(15-24)25(6-2)30(27,28)22-14-18(23-26)7-8-21(22)29-20-12-16(3)11-17(4)13-20/h7-8,11-14,19H,5-6,9-10,15H2,1-4H3. The first-order valence-electron chi connectivity index (χ1n) is 10.3. The zero-order chi connectivity index (χ0) is 21.9. The monoisotopic (exact) mass is 431 g/mol. The van der Waals surface area contributed by atoms with Crippen molar-refractivity contribution < 1.29 is 13.2 Å². The SMILES string of the molecule is CCN1CCC(N(CC)S(=O)(=O)c2cc(N=O)ccc2Oc2cc(C)cc(C)c2)C1. The van der Waals surface area contributed by atoms with Crippen molar-refractivity contribution in [3.63, 3.8) is 0 Å². The summed E-state index contributed by atoms with van der Waals surface area (Å²) in [5.41, 5.74) is 2.08. The highest BCUT2D eigenvalue weighted by atomic mass is 32.2. The maximum absolute atomic E-state index is 13.6. The van der Waals surface area contributed by atoms with E-state index in [1.165, 1.54) is 22.5 Å². The number of sulfonamides is 1. The fraction of sp³-hybridized carbons (Fsp3) is 0.455. The van der Waals surface area contributed by atoms with Crippen LogP contribution in [0.5, 0.6) is 11.5 Å². The molecule has 0 spiro atoms. The molecule has 1 fully saturated rings. The van der Waals surface area contributed by atoms with E-state index in [2.05, 4.69) is 17.0 Å². The van der Waals surface area contributed by atoms with Gasteiger partial charge in [0.1, 0.15) is 22.1 Å². The summed E-state index contributed by atoms with van der Waals surface area (Å²) >= 11 is 0. The number of benzene rings is 2. The normalized spacial score (nSPS) is 17.4. The van der Waals surface area contributed by atoms with Crippen molar-refractivity contribution in [2.24, 2.45) is 5.18 Å². The molecular weight excluding hydrogens is 402 g/mol. The van der Waals surface area contributed by atoms with E-state index in [-0.39, 0.29) is 22.4 Å². The van der Waals surface area contributed by atoms with Crippen LogP contribution in [0.4, 0.5) is 5.69 Å². The van der Waals surface area contributed by atoms with Crippen LogP contribution >= 0.6 is 0 Å². The lowest BCUT2D eigenvalue weighted by molar-refractivity contribution is 0.299. The molecule has 30 heavy (non-hydrogen) atoms. The molecule has 162 valence electrons. The molecule has 1 aliphatic rings. The fourth-order valence-electron chi connectivity index (χ4n) is 4.04. The van der Waals surface area contributed by atoms with Crippen LogP contribution in [-0.4, -0.2) is 49.8 Å². The predicted octanol–water partition coefficient (Wildman–Crippen LogP) is 4.60. The Bertz CT molecular complexity index is 1000. The molecule has 3 rings (SSSR count). The second-order valence-electron chi connectivity index (χ2n) is 7.69. The summed E-state index contributed by atoms with van der Waals surface area (Å²) < 4.78 is 34.8. The van der Waals surface area contributed by atoms with Crippen LogP contribution in [0.1, 0.15) is 31.4 Å². The Hall–Kier alpha value is -2.29. The van der Waals surface area contributed by atoms with Crippen molar-refractivity contribution in [3.05, 3.63) is 52.4 Å². The number of hydrogen-bond acceptors (Lipinski definition) is 6. The Balaban J connectivity index is 2.02. The molecule has 1 heterocycles.